The first-order chi connectivity index (χ1) is 25.8. The van der Waals surface area contributed by atoms with Crippen molar-refractivity contribution in [2.24, 2.45) is 11.8 Å². The van der Waals surface area contributed by atoms with Crippen molar-refractivity contribution in [3.63, 3.8) is 0 Å². The largest absolute Gasteiger partial charge is 0.457 e. The van der Waals surface area contributed by atoms with Crippen molar-refractivity contribution in [1.29, 1.82) is 0 Å². The fourth-order valence-corrected chi connectivity index (χ4v) is 7.92. The molecule has 2 saturated heterocycles. The highest BCUT2D eigenvalue weighted by atomic mass is 35.5. The standard InChI is InChI=1S/C38H54ClN3O10S.CH4/c1-21(2)53-13-12-31(45)41(7)24(5)35(47)51-30-17-32(46)42(8)28-16-25(15-26(19-43)33(28)39)14-22(3)10-9-11-27(20-44)38(49)18-29(50-36(48)40-38)23(4)34-37(30,6)52-34;/h9-11,15-16,21,23-24,27,29-30,34,43-44,49H,12-14,17-20H2,1-8H3,(H,40,48);1H4/b11-9+,22-10+;/t23-,24+,27+,29+,30+,34+,37+,38+;/m1./s1/i;1D. The van der Waals surface area contributed by atoms with Gasteiger partial charge in [0, 0.05) is 45.9 Å². The van der Waals surface area contributed by atoms with Crippen molar-refractivity contribution in [2.45, 2.75) is 122 Å². The summed E-state index contributed by atoms with van der Waals surface area (Å²) in [6, 6.07) is 2.53. The number of esters is 1. The Hall–Kier alpha value is -3.14. The first-order valence-corrected chi connectivity index (χ1v) is 19.4. The minimum Gasteiger partial charge on any atom is -0.457 e. The van der Waals surface area contributed by atoms with E-state index in [9.17, 15) is 34.5 Å². The highest BCUT2D eigenvalue weighted by Crippen LogP contribution is 2.49. The van der Waals surface area contributed by atoms with Crippen LogP contribution in [0.25, 0.3) is 0 Å². The Bertz CT molecular complexity index is 1610. The van der Waals surface area contributed by atoms with E-state index in [1.165, 1.54) is 24.3 Å². The van der Waals surface area contributed by atoms with Gasteiger partial charge < -0.3 is 39.3 Å². The molecule has 0 spiro atoms. The molecule has 0 radical (unpaired) electrons. The Labute approximate surface area is 329 Å². The number of amides is 3. The quantitative estimate of drug-likeness (QED) is 0.200. The first kappa shape index (κ1) is 43.6. The van der Waals surface area contributed by atoms with Gasteiger partial charge in [-0.1, -0.05) is 69.6 Å². The molecule has 302 valence electrons. The Morgan fingerprint density at radius 1 is 1.26 bits per heavy atom. The summed E-state index contributed by atoms with van der Waals surface area (Å²) in [6.07, 6.45) is 1.75. The van der Waals surface area contributed by atoms with Gasteiger partial charge in [-0.25, -0.2) is 9.59 Å². The van der Waals surface area contributed by atoms with E-state index in [0.29, 0.717) is 28.7 Å². The van der Waals surface area contributed by atoms with E-state index >= 15 is 0 Å². The molecule has 3 aliphatic rings. The minimum absolute atomic E-state index is 0.0897. The van der Waals surface area contributed by atoms with Gasteiger partial charge in [-0.05, 0) is 49.6 Å². The summed E-state index contributed by atoms with van der Waals surface area (Å²) < 4.78 is 23.7. The van der Waals surface area contributed by atoms with Gasteiger partial charge in [-0.15, -0.1) is 0 Å². The lowest BCUT2D eigenvalue weighted by molar-refractivity contribution is -0.161. The van der Waals surface area contributed by atoms with E-state index in [-0.39, 0.29) is 36.8 Å². The molecule has 4 N–H and O–H groups in total. The Morgan fingerprint density at radius 2 is 1.94 bits per heavy atom. The third-order valence-electron chi connectivity index (χ3n) is 10.5. The van der Waals surface area contributed by atoms with Crippen molar-refractivity contribution in [3.05, 3.63) is 52.1 Å². The van der Waals surface area contributed by atoms with Crippen LogP contribution in [-0.4, -0.2) is 111 Å². The number of epoxide rings is 1. The van der Waals surface area contributed by atoms with Crippen LogP contribution in [0.2, 0.25) is 5.02 Å². The maximum absolute atomic E-state index is 14.1. The lowest BCUT2D eigenvalue weighted by Gasteiger charge is -2.42. The third kappa shape index (κ3) is 10.4. The van der Waals surface area contributed by atoms with Gasteiger partial charge in [0.1, 0.15) is 23.9 Å². The number of allylic oxidation sites excluding steroid dienone is 3. The molecule has 2 fully saturated rings. The molecule has 54 heavy (non-hydrogen) atoms. The van der Waals surface area contributed by atoms with Crippen LogP contribution in [0.3, 0.4) is 0 Å². The van der Waals surface area contributed by atoms with Gasteiger partial charge >= 0.3 is 12.1 Å². The molecule has 0 unspecified atom stereocenters. The number of hydrogen-bond donors (Lipinski definition) is 4. The number of aliphatic hydroxyl groups is 3. The molecule has 0 aromatic heterocycles. The van der Waals surface area contributed by atoms with E-state index in [1.54, 1.807) is 63.9 Å². The highest BCUT2D eigenvalue weighted by molar-refractivity contribution is 7.99. The number of thioether (sulfide) groups is 1. The van der Waals surface area contributed by atoms with E-state index in [1.807, 2.05) is 26.8 Å². The summed E-state index contributed by atoms with van der Waals surface area (Å²) in [4.78, 5) is 56.3. The summed E-state index contributed by atoms with van der Waals surface area (Å²) in [5.41, 5.74) is -0.691. The molecule has 1 aromatic rings. The zero-order chi connectivity index (χ0) is 41.4. The number of rotatable bonds is 9. The Balaban J connectivity index is 0.00000399. The average molecular weight is 797 g/mol. The lowest BCUT2D eigenvalue weighted by Crippen LogP contribution is -2.62. The summed E-state index contributed by atoms with van der Waals surface area (Å²) in [6.45, 7) is 10.1. The van der Waals surface area contributed by atoms with Crippen LogP contribution in [0.4, 0.5) is 10.5 Å². The second-order valence-electron chi connectivity index (χ2n) is 14.8. The number of hydrogen-bond acceptors (Lipinski definition) is 11. The van der Waals surface area contributed by atoms with Gasteiger partial charge in [0.15, 0.2) is 5.72 Å². The van der Waals surface area contributed by atoms with Crippen molar-refractivity contribution in [3.8, 4) is 0 Å². The highest BCUT2D eigenvalue weighted by Gasteiger charge is 2.64. The van der Waals surface area contributed by atoms with Crippen LogP contribution in [-0.2, 0) is 41.6 Å². The molecule has 13 nitrogen and oxygen atoms in total. The van der Waals surface area contributed by atoms with Gasteiger partial charge in [0.05, 0.1) is 36.4 Å². The Morgan fingerprint density at radius 3 is 2.57 bits per heavy atom. The van der Waals surface area contributed by atoms with Gasteiger partial charge in [0.25, 0.3) is 0 Å². The van der Waals surface area contributed by atoms with Gasteiger partial charge in [-0.2, -0.15) is 11.8 Å². The molecular weight excluding hydrogens is 738 g/mol. The SMILES string of the molecule is C/C1=C\C=C\[C@@H](CO)[C@@]2(O)C[C@H](OC(=O)N2)[C@@H](C)[C@@H]2O[C@@]2(C)[C@@H](OC(=O)[C@H](C)N(C)C(=O)CCSC(C)C)CC(=O)N(C)c2cc(cc(CO)c2Cl)C1.[2H]C. The van der Waals surface area contributed by atoms with Crippen LogP contribution >= 0.6 is 23.4 Å². The molecular formula is C39H58ClN3O10S. The van der Waals surface area contributed by atoms with Crippen LogP contribution < -0.4 is 10.2 Å². The molecule has 4 bridgehead atoms. The molecule has 15 heteroatoms. The predicted molar refractivity (Wildman–Crippen MR) is 209 cm³/mol. The summed E-state index contributed by atoms with van der Waals surface area (Å²) in [5.74, 6) is -2.27. The summed E-state index contributed by atoms with van der Waals surface area (Å²) in [5, 5.41) is 35.2. The average Bonchev–Trinajstić information content (AvgIpc) is 3.84. The summed E-state index contributed by atoms with van der Waals surface area (Å²) >= 11 is 8.36. The number of nitrogens with one attached hydrogen (secondary N) is 1. The van der Waals surface area contributed by atoms with E-state index < -0.39 is 72.1 Å². The number of halogens is 1. The third-order valence-corrected chi connectivity index (χ3v) is 12.0. The molecule has 3 aliphatic heterocycles. The second kappa shape index (κ2) is 18.7. The molecule has 3 amide bonds. The zero-order valence-electron chi connectivity index (χ0n) is 33.8. The fraction of sp³-hybridized carbons (Fsp3) is 0.641. The van der Waals surface area contributed by atoms with Crippen LogP contribution in [0.1, 0.15) is 80.7 Å². The van der Waals surface area contributed by atoms with E-state index in [0.717, 1.165) is 11.1 Å². The molecule has 3 heterocycles. The van der Waals surface area contributed by atoms with Crippen LogP contribution in [0.15, 0.2) is 35.9 Å². The van der Waals surface area contributed by atoms with Crippen LogP contribution in [0.5, 0.6) is 0 Å². The van der Waals surface area contributed by atoms with Crippen LogP contribution in [0, 0.1) is 11.8 Å². The van der Waals surface area contributed by atoms with Gasteiger partial charge in [-0.3, -0.25) is 14.9 Å². The number of carbonyl (C=O) groups is 4. The van der Waals surface area contributed by atoms with E-state index in [2.05, 4.69) is 5.32 Å². The Kier molecular flexibility index (Phi) is 15.1. The first-order valence-electron chi connectivity index (χ1n) is 18.9. The smallest absolute Gasteiger partial charge is 0.409 e. The van der Waals surface area contributed by atoms with Gasteiger partial charge in [0.2, 0.25) is 11.8 Å². The number of likely N-dealkylation sites (N-methyl/N-ethyl adjacent to an activating group) is 1. The van der Waals surface area contributed by atoms with Crippen molar-refractivity contribution in [2.75, 3.05) is 31.4 Å². The molecule has 4 rings (SSSR count). The number of nitrogens with zero attached hydrogens (tertiary/aromatic N) is 2. The van der Waals surface area contributed by atoms with Crippen molar-refractivity contribution in [1.82, 2.24) is 10.2 Å². The minimum atomic E-state index is -1.86. The number of fused-ring (bicyclic) bond motifs is 5. The number of carbonyl (C=O) groups excluding carboxylic acids is 4. The zero-order valence-corrected chi connectivity index (χ0v) is 34.3. The van der Waals surface area contributed by atoms with Crippen molar-refractivity contribution < 1.29 is 50.1 Å². The topological polar surface area (TPSA) is 178 Å². The molecule has 0 saturated carbocycles. The fourth-order valence-electron chi connectivity index (χ4n) is 6.86. The normalized spacial score (nSPS) is 30.9. The number of ether oxygens (including phenoxy) is 3. The molecule has 1 aromatic carbocycles. The maximum atomic E-state index is 14.1. The molecule has 8 atom stereocenters. The number of alkyl carbamates (subject to hydrolysis) is 1. The number of benzene rings is 1. The summed E-state index contributed by atoms with van der Waals surface area (Å²) in [7, 11) is 4.33. The van der Waals surface area contributed by atoms with E-state index in [4.69, 9.17) is 27.2 Å². The lowest BCUT2D eigenvalue weighted by atomic mass is 9.81. The number of anilines is 1. The maximum Gasteiger partial charge on any atom is 0.409 e. The monoisotopic (exact) mass is 796 g/mol. The number of aliphatic hydroxyl groups excluding tert-OH is 2. The predicted octanol–water partition coefficient (Wildman–Crippen LogP) is 4.76. The molecule has 0 aliphatic carbocycles. The second-order valence-corrected chi connectivity index (χ2v) is 16.9. The van der Waals surface area contributed by atoms with Crippen molar-refractivity contribution >= 4 is 52.9 Å².